The van der Waals surface area contributed by atoms with Gasteiger partial charge in [-0.25, -0.2) is 15.1 Å². The molecule has 3 saturated carbocycles. The van der Waals surface area contributed by atoms with Gasteiger partial charge in [-0.2, -0.15) is 0 Å². The molecule has 1 aliphatic heterocycles. The average Bonchev–Trinajstić information content (AvgIpc) is 3.33. The van der Waals surface area contributed by atoms with Gasteiger partial charge in [0.15, 0.2) is 5.03 Å². The van der Waals surface area contributed by atoms with Crippen LogP contribution in [0.15, 0.2) is 47.5 Å². The Bertz CT molecular complexity index is 1390. The van der Waals surface area contributed by atoms with Crippen molar-refractivity contribution in [3.63, 3.8) is 0 Å². The predicted molar refractivity (Wildman–Crippen MR) is 173 cm³/mol. The van der Waals surface area contributed by atoms with E-state index in [2.05, 4.69) is 75.3 Å². The van der Waals surface area contributed by atoms with Crippen molar-refractivity contribution in [3.05, 3.63) is 58.1 Å². The molecular weight excluding hydrogens is 557 g/mol. The van der Waals surface area contributed by atoms with Crippen LogP contribution in [-0.2, 0) is 20.5 Å². The van der Waals surface area contributed by atoms with E-state index in [0.717, 1.165) is 19.3 Å². The maximum absolute atomic E-state index is 14.0. The number of carbonyl (C=O) groups is 1. The Kier molecular flexibility index (Phi) is 9.56. The highest BCUT2D eigenvalue weighted by molar-refractivity contribution is 6.47. The monoisotopic (exact) mass is 605 g/mol. The van der Waals surface area contributed by atoms with Crippen molar-refractivity contribution in [1.82, 2.24) is 10.7 Å². The normalized spacial score (nSPS) is 27.0. The number of hydrogen-bond acceptors (Lipinski definition) is 6. The summed E-state index contributed by atoms with van der Waals surface area (Å²) in [5.41, 5.74) is 8.55. The Hall–Kier alpha value is -3.18. The zero-order chi connectivity index (χ0) is 31.6. The molecular formula is C33H48BN5O5. The molecule has 238 valence electrons. The van der Waals surface area contributed by atoms with E-state index in [4.69, 9.17) is 15.0 Å². The van der Waals surface area contributed by atoms with Crippen LogP contribution in [0, 0.1) is 39.2 Å². The van der Waals surface area contributed by atoms with Crippen LogP contribution in [-0.4, -0.2) is 48.2 Å². The smallest absolute Gasteiger partial charge is 0.404 e. The summed E-state index contributed by atoms with van der Waals surface area (Å²) in [4.78, 5) is 28.7. The molecule has 0 radical (unpaired) electrons. The summed E-state index contributed by atoms with van der Waals surface area (Å²) in [5.74, 6) is 0.655. The number of fused-ring (bicyclic) bond motifs is 1. The van der Waals surface area contributed by atoms with E-state index in [1.54, 1.807) is 0 Å². The summed E-state index contributed by atoms with van der Waals surface area (Å²) < 4.78 is 13.4. The number of hydrogen-bond donors (Lipinski definition) is 3. The number of rotatable bonds is 13. The third kappa shape index (κ3) is 6.88. The number of nitro groups is 1. The third-order valence-electron chi connectivity index (χ3n) is 10.5. The van der Waals surface area contributed by atoms with Gasteiger partial charge in [-0.1, -0.05) is 75.6 Å². The molecule has 0 aromatic heterocycles. The van der Waals surface area contributed by atoms with Gasteiger partial charge in [0, 0.05) is 12.5 Å². The highest BCUT2D eigenvalue weighted by Crippen LogP contribution is 2.65. The molecule has 4 aliphatic rings. The highest BCUT2D eigenvalue weighted by Gasteiger charge is 2.68. The fourth-order valence-electron chi connectivity index (χ4n) is 7.93. The molecule has 44 heavy (non-hydrogen) atoms. The first kappa shape index (κ1) is 32.2. The zero-order valence-corrected chi connectivity index (χ0v) is 26.8. The number of amides is 1. The van der Waals surface area contributed by atoms with Crippen molar-refractivity contribution in [3.8, 4) is 0 Å². The molecule has 0 spiro atoms. The van der Waals surface area contributed by atoms with Gasteiger partial charge in [0.2, 0.25) is 5.91 Å². The van der Waals surface area contributed by atoms with Crippen molar-refractivity contribution in [2.45, 2.75) is 97.2 Å². The van der Waals surface area contributed by atoms with Crippen molar-refractivity contribution in [2.24, 2.45) is 39.8 Å². The lowest BCUT2D eigenvalue weighted by atomic mass is 9.43. The number of benzene rings is 2. The quantitative estimate of drug-likeness (QED) is 0.0724. The number of nitrogens with one attached hydrogen (secondary N) is 2. The van der Waals surface area contributed by atoms with E-state index < -0.39 is 12.2 Å². The fraction of sp³-hybridized carbons (Fsp3) is 0.636. The number of nitrogens with zero attached hydrogens (tertiary/aromatic N) is 2. The standard InChI is InChI=1S/C33H48BN5O5/c1-21(2)17-29(34-43-28-20-26-19-27(32(26,3)4)33(28,5)44-34)37-30(40)24(11-8-16-36-31(35)38-39(41)42)15-13-22-12-14-23-9-6-7-10-25(23)18-22/h6-7,9-10,12,14,18,21,24,26-29H,8,11,13,15-17,19-20H2,1-5H3,(H,37,40)(H3,35,36,38)/t24-,26+,27+,28-,29+,33+/m1/s1. The summed E-state index contributed by atoms with van der Waals surface area (Å²) in [7, 11) is -0.481. The van der Waals surface area contributed by atoms with Crippen molar-refractivity contribution < 1.29 is 19.1 Å². The summed E-state index contributed by atoms with van der Waals surface area (Å²) in [6.45, 7) is 11.5. The Morgan fingerprint density at radius 1 is 1.16 bits per heavy atom. The van der Waals surface area contributed by atoms with E-state index in [1.807, 2.05) is 17.6 Å². The Morgan fingerprint density at radius 3 is 2.61 bits per heavy atom. The number of aryl methyl sites for hydroxylation is 1. The van der Waals surface area contributed by atoms with Gasteiger partial charge in [0.1, 0.15) is 0 Å². The number of hydrazine groups is 1. The molecule has 3 aliphatic carbocycles. The molecule has 11 heteroatoms. The second kappa shape index (κ2) is 13.0. The van der Waals surface area contributed by atoms with Crippen LogP contribution in [0.4, 0.5) is 0 Å². The highest BCUT2D eigenvalue weighted by atomic mass is 16.7. The van der Waals surface area contributed by atoms with Gasteiger partial charge in [0.05, 0.1) is 17.6 Å². The molecule has 1 amide bonds. The van der Waals surface area contributed by atoms with Crippen LogP contribution in [0.5, 0.6) is 0 Å². The van der Waals surface area contributed by atoms with E-state index in [-0.39, 0.29) is 47.4 Å². The molecule has 4 fully saturated rings. The largest absolute Gasteiger partial charge is 0.481 e. The minimum absolute atomic E-state index is 0.0198. The number of aliphatic imine (C=N–C) groups is 1. The Balaban J connectivity index is 1.28. The lowest BCUT2D eigenvalue weighted by Gasteiger charge is -2.64. The number of carbonyl (C=O) groups excluding carboxylic acids is 1. The van der Waals surface area contributed by atoms with Crippen molar-refractivity contribution in [2.75, 3.05) is 6.54 Å². The molecule has 6 atom stereocenters. The lowest BCUT2D eigenvalue weighted by molar-refractivity contribution is -0.525. The lowest BCUT2D eigenvalue weighted by Crippen LogP contribution is -2.65. The third-order valence-corrected chi connectivity index (χ3v) is 10.5. The first-order valence-electron chi connectivity index (χ1n) is 16.2. The molecule has 1 heterocycles. The first-order chi connectivity index (χ1) is 20.9. The number of guanidine groups is 1. The van der Waals surface area contributed by atoms with E-state index in [9.17, 15) is 14.9 Å². The van der Waals surface area contributed by atoms with E-state index in [0.29, 0.717) is 37.0 Å². The summed E-state index contributed by atoms with van der Waals surface area (Å²) in [6.07, 6.45) is 5.54. The van der Waals surface area contributed by atoms with E-state index >= 15 is 0 Å². The maximum atomic E-state index is 14.0. The summed E-state index contributed by atoms with van der Waals surface area (Å²) >= 11 is 0. The van der Waals surface area contributed by atoms with Crippen LogP contribution in [0.25, 0.3) is 10.8 Å². The maximum Gasteiger partial charge on any atom is 0.481 e. The van der Waals surface area contributed by atoms with Gasteiger partial charge in [0.25, 0.3) is 5.96 Å². The zero-order valence-electron chi connectivity index (χ0n) is 26.8. The predicted octanol–water partition coefficient (Wildman–Crippen LogP) is 5.06. The van der Waals surface area contributed by atoms with Gasteiger partial charge < -0.3 is 20.4 Å². The molecule has 4 N–H and O–H groups in total. The average molecular weight is 606 g/mol. The molecule has 2 bridgehead atoms. The number of nitrogens with two attached hydrogens (primary N) is 1. The van der Waals surface area contributed by atoms with Crippen LogP contribution < -0.4 is 16.5 Å². The van der Waals surface area contributed by atoms with Crippen LogP contribution in [0.1, 0.15) is 78.7 Å². The SMILES string of the molecule is CC(C)C[C@H](NC(=O)[C@H](CCCN=C(N)N[N+](=O)[O-])CCc1ccc2ccccc2c1)B1O[C@@H]2C[C@@H]3C[C@@H](C3(C)C)[C@]2(C)O1. The summed E-state index contributed by atoms with van der Waals surface area (Å²) in [5, 5.41) is 15.6. The Labute approximate surface area is 261 Å². The first-order valence-corrected chi connectivity index (χ1v) is 16.2. The molecule has 10 nitrogen and oxygen atoms in total. The molecule has 2 aromatic rings. The second-order valence-corrected chi connectivity index (χ2v) is 14.3. The summed E-state index contributed by atoms with van der Waals surface area (Å²) in [6, 6.07) is 14.7. The van der Waals surface area contributed by atoms with Gasteiger partial charge in [-0.15, -0.1) is 0 Å². The minimum atomic E-state index is -0.735. The Morgan fingerprint density at radius 2 is 1.91 bits per heavy atom. The topological polar surface area (TPSA) is 141 Å². The van der Waals surface area contributed by atoms with Crippen molar-refractivity contribution >= 4 is 29.8 Å². The van der Waals surface area contributed by atoms with Crippen molar-refractivity contribution in [1.29, 1.82) is 0 Å². The van der Waals surface area contributed by atoms with E-state index in [1.165, 1.54) is 22.8 Å². The second-order valence-electron chi connectivity index (χ2n) is 14.3. The minimum Gasteiger partial charge on any atom is -0.404 e. The fourth-order valence-corrected chi connectivity index (χ4v) is 7.93. The van der Waals surface area contributed by atoms with Crippen LogP contribution in [0.3, 0.4) is 0 Å². The van der Waals surface area contributed by atoms with Gasteiger partial charge >= 0.3 is 7.12 Å². The molecule has 0 unspecified atom stereocenters. The van der Waals surface area contributed by atoms with Crippen LogP contribution in [0.2, 0.25) is 0 Å². The van der Waals surface area contributed by atoms with Gasteiger partial charge in [-0.05, 0) is 91.4 Å². The molecule has 1 saturated heterocycles. The molecule has 6 rings (SSSR count). The van der Waals surface area contributed by atoms with Gasteiger partial charge in [-0.3, -0.25) is 4.79 Å². The molecule has 2 aromatic carbocycles. The van der Waals surface area contributed by atoms with Crippen LogP contribution >= 0.6 is 0 Å².